The zero-order valence-electron chi connectivity index (χ0n) is 10.3. The first kappa shape index (κ1) is 14.0. The van der Waals surface area contributed by atoms with Crippen molar-refractivity contribution < 1.29 is 19.5 Å². The molecule has 5 nitrogen and oxygen atoms in total. The summed E-state index contributed by atoms with van der Waals surface area (Å²) in [7, 11) is 0. The largest absolute Gasteiger partial charge is 0.494 e. The van der Waals surface area contributed by atoms with Gasteiger partial charge in [-0.2, -0.15) is 0 Å². The highest BCUT2D eigenvalue weighted by atomic mass is 16.6. The van der Waals surface area contributed by atoms with Crippen molar-refractivity contribution in [3.05, 3.63) is 29.8 Å². The number of hydrogen-bond acceptors (Lipinski definition) is 4. The summed E-state index contributed by atoms with van der Waals surface area (Å²) < 4.78 is 5.47. The van der Waals surface area contributed by atoms with E-state index in [1.165, 1.54) is 6.21 Å². The molecule has 1 rings (SSSR count). The maximum absolute atomic E-state index is 10.2. The van der Waals surface area contributed by atoms with E-state index >= 15 is 0 Å². The van der Waals surface area contributed by atoms with Crippen LogP contribution in [0.25, 0.3) is 0 Å². The van der Waals surface area contributed by atoms with Crippen molar-refractivity contribution in [2.75, 3.05) is 13.2 Å². The molecule has 0 aliphatic rings. The van der Waals surface area contributed by atoms with Crippen LogP contribution in [0.2, 0.25) is 0 Å². The molecule has 1 N–H and O–H groups in total. The number of carboxylic acids is 1. The van der Waals surface area contributed by atoms with E-state index in [1.807, 2.05) is 31.2 Å². The quantitative estimate of drug-likeness (QED) is 0.437. The van der Waals surface area contributed by atoms with Gasteiger partial charge in [0.15, 0.2) is 0 Å². The van der Waals surface area contributed by atoms with Gasteiger partial charge in [0.1, 0.15) is 12.4 Å². The van der Waals surface area contributed by atoms with E-state index in [4.69, 9.17) is 14.7 Å². The number of rotatable bonds is 8. The number of nitrogens with zero attached hydrogens (tertiary/aromatic N) is 1. The molecule has 0 saturated heterocycles. The van der Waals surface area contributed by atoms with Crippen LogP contribution in [0.3, 0.4) is 0 Å². The zero-order chi connectivity index (χ0) is 13.2. The molecule has 0 atom stereocenters. The Morgan fingerprint density at radius 2 is 2.28 bits per heavy atom. The number of aliphatic carboxylic acids is 1. The summed E-state index contributed by atoms with van der Waals surface area (Å²) in [6.07, 6.45) is 2.42. The van der Waals surface area contributed by atoms with Crippen LogP contribution in [-0.2, 0) is 9.63 Å². The molecule has 0 aliphatic heterocycles. The standard InChI is InChI=1S/C13H17NO4/c1-2-7-17-12-5-3-4-11(9-12)10-14-18-8-6-13(15)16/h3-5,9-10H,2,6-8H2,1H3,(H,15,16)/b14-10+. The lowest BCUT2D eigenvalue weighted by molar-refractivity contribution is -0.138. The fourth-order valence-corrected chi connectivity index (χ4v) is 1.19. The number of carbonyl (C=O) groups is 1. The van der Waals surface area contributed by atoms with E-state index in [0.717, 1.165) is 17.7 Å². The van der Waals surface area contributed by atoms with Gasteiger partial charge in [-0.25, -0.2) is 0 Å². The molecular weight excluding hydrogens is 234 g/mol. The lowest BCUT2D eigenvalue weighted by Gasteiger charge is -2.04. The van der Waals surface area contributed by atoms with Gasteiger partial charge in [-0.05, 0) is 24.1 Å². The second-order valence-electron chi connectivity index (χ2n) is 3.63. The SMILES string of the molecule is CCCOc1cccc(/C=N/OCCC(=O)O)c1. The molecule has 0 amide bonds. The average Bonchev–Trinajstić information content (AvgIpc) is 2.36. The Morgan fingerprint density at radius 1 is 1.44 bits per heavy atom. The fraction of sp³-hybridized carbons (Fsp3) is 0.385. The minimum absolute atomic E-state index is 0.0585. The predicted octanol–water partition coefficient (Wildman–Crippen LogP) is 2.30. The molecule has 0 spiro atoms. The summed E-state index contributed by atoms with van der Waals surface area (Å²) in [6, 6.07) is 7.45. The van der Waals surface area contributed by atoms with E-state index < -0.39 is 5.97 Å². The van der Waals surface area contributed by atoms with Crippen LogP contribution in [0.1, 0.15) is 25.3 Å². The number of carboxylic acid groups (broad SMARTS) is 1. The van der Waals surface area contributed by atoms with Crippen molar-refractivity contribution in [2.24, 2.45) is 5.16 Å². The number of hydrogen-bond donors (Lipinski definition) is 1. The molecule has 1 aromatic carbocycles. The van der Waals surface area contributed by atoms with Crippen molar-refractivity contribution in [3.8, 4) is 5.75 Å². The van der Waals surface area contributed by atoms with Crippen molar-refractivity contribution in [1.29, 1.82) is 0 Å². The van der Waals surface area contributed by atoms with Gasteiger partial charge in [-0.3, -0.25) is 4.79 Å². The Hall–Kier alpha value is -2.04. The maximum atomic E-state index is 10.2. The molecule has 98 valence electrons. The highest BCUT2D eigenvalue weighted by Gasteiger charge is 1.96. The second-order valence-corrected chi connectivity index (χ2v) is 3.63. The van der Waals surface area contributed by atoms with Crippen LogP contribution in [-0.4, -0.2) is 30.5 Å². The molecule has 0 aliphatic carbocycles. The van der Waals surface area contributed by atoms with Crippen molar-refractivity contribution >= 4 is 12.2 Å². The smallest absolute Gasteiger partial charge is 0.306 e. The number of oxime groups is 1. The normalized spacial score (nSPS) is 10.5. The van der Waals surface area contributed by atoms with E-state index in [1.54, 1.807) is 0 Å². The van der Waals surface area contributed by atoms with Crippen LogP contribution in [0.5, 0.6) is 5.75 Å². The summed E-state index contributed by atoms with van der Waals surface area (Å²) in [4.78, 5) is 15.0. The van der Waals surface area contributed by atoms with Gasteiger partial charge in [-0.1, -0.05) is 24.2 Å². The van der Waals surface area contributed by atoms with Gasteiger partial charge in [0, 0.05) is 0 Å². The van der Waals surface area contributed by atoms with Crippen molar-refractivity contribution in [1.82, 2.24) is 0 Å². The molecular formula is C13H17NO4. The molecule has 0 heterocycles. The fourth-order valence-electron chi connectivity index (χ4n) is 1.19. The van der Waals surface area contributed by atoms with Crippen molar-refractivity contribution in [3.63, 3.8) is 0 Å². The third-order valence-electron chi connectivity index (χ3n) is 2.01. The van der Waals surface area contributed by atoms with Gasteiger partial charge < -0.3 is 14.7 Å². The molecule has 0 saturated carbocycles. The van der Waals surface area contributed by atoms with E-state index in [0.29, 0.717) is 6.61 Å². The maximum Gasteiger partial charge on any atom is 0.306 e. The van der Waals surface area contributed by atoms with E-state index in [9.17, 15) is 4.79 Å². The first-order valence-electron chi connectivity index (χ1n) is 5.82. The van der Waals surface area contributed by atoms with E-state index in [2.05, 4.69) is 5.16 Å². The number of ether oxygens (including phenoxy) is 1. The van der Waals surface area contributed by atoms with Crippen LogP contribution >= 0.6 is 0 Å². The monoisotopic (exact) mass is 251 g/mol. The third-order valence-corrected chi connectivity index (χ3v) is 2.01. The topological polar surface area (TPSA) is 68.1 Å². The summed E-state index contributed by atoms with van der Waals surface area (Å²) in [5, 5.41) is 12.1. The van der Waals surface area contributed by atoms with Crippen LogP contribution < -0.4 is 4.74 Å². The highest BCUT2D eigenvalue weighted by molar-refractivity contribution is 5.79. The molecule has 0 radical (unpaired) electrons. The third kappa shape index (κ3) is 5.89. The van der Waals surface area contributed by atoms with Gasteiger partial charge in [-0.15, -0.1) is 0 Å². The van der Waals surface area contributed by atoms with Crippen molar-refractivity contribution in [2.45, 2.75) is 19.8 Å². The van der Waals surface area contributed by atoms with Gasteiger partial charge in [0.25, 0.3) is 0 Å². The van der Waals surface area contributed by atoms with E-state index in [-0.39, 0.29) is 13.0 Å². The Morgan fingerprint density at radius 3 is 3.00 bits per heavy atom. The first-order chi connectivity index (χ1) is 8.72. The van der Waals surface area contributed by atoms with Gasteiger partial charge in [0.2, 0.25) is 0 Å². The minimum atomic E-state index is -0.903. The summed E-state index contributed by atoms with van der Waals surface area (Å²) in [6.45, 7) is 2.79. The van der Waals surface area contributed by atoms with Crippen LogP contribution in [0, 0.1) is 0 Å². The minimum Gasteiger partial charge on any atom is -0.494 e. The predicted molar refractivity (Wildman–Crippen MR) is 68.0 cm³/mol. The number of benzene rings is 1. The molecule has 0 bridgehead atoms. The van der Waals surface area contributed by atoms with Gasteiger partial charge in [0.05, 0.1) is 19.2 Å². The lowest BCUT2D eigenvalue weighted by Crippen LogP contribution is -1.99. The Bertz CT molecular complexity index is 404. The molecule has 0 fully saturated rings. The Labute approximate surface area is 106 Å². The second kappa shape index (κ2) is 8.11. The molecule has 5 heteroatoms. The summed E-state index contributed by atoms with van der Waals surface area (Å²) >= 11 is 0. The highest BCUT2D eigenvalue weighted by Crippen LogP contribution is 2.12. The Kier molecular flexibility index (Phi) is 6.32. The van der Waals surface area contributed by atoms with Crippen LogP contribution in [0.4, 0.5) is 0 Å². The summed E-state index contributed by atoms with van der Waals surface area (Å²) in [5.41, 5.74) is 0.846. The zero-order valence-corrected chi connectivity index (χ0v) is 10.3. The van der Waals surface area contributed by atoms with Crippen LogP contribution in [0.15, 0.2) is 29.4 Å². The molecule has 0 unspecified atom stereocenters. The molecule has 18 heavy (non-hydrogen) atoms. The summed E-state index contributed by atoms with van der Waals surface area (Å²) in [5.74, 6) is -0.119. The molecule has 0 aromatic heterocycles. The first-order valence-corrected chi connectivity index (χ1v) is 5.82. The average molecular weight is 251 g/mol. The Balaban J connectivity index is 2.41. The molecule has 1 aromatic rings. The lowest BCUT2D eigenvalue weighted by atomic mass is 10.2. The van der Waals surface area contributed by atoms with Gasteiger partial charge >= 0.3 is 5.97 Å².